The number of rotatable bonds is 8. The van der Waals surface area contributed by atoms with E-state index in [1.165, 1.54) is 6.33 Å². The maximum atomic E-state index is 13.6. The number of benzene rings is 2. The third kappa shape index (κ3) is 4.95. The SMILES string of the molecule is O=C(c1ccc(Oc2cccc3cc(CO)oc23)cc1Cl)c1c[nH]c2ncnc(N[C@@H]3CC[C@@H](CO)OC3)c12. The molecule has 10 nitrogen and oxygen atoms in total. The van der Waals surface area contributed by atoms with Gasteiger partial charge in [0.2, 0.25) is 0 Å². The van der Waals surface area contributed by atoms with Crippen LogP contribution >= 0.6 is 11.6 Å². The number of halogens is 1. The van der Waals surface area contributed by atoms with Gasteiger partial charge in [0.1, 0.15) is 35.9 Å². The number of hydrogen-bond acceptors (Lipinski definition) is 9. The number of aliphatic hydroxyl groups excluding tert-OH is 2. The first-order valence-corrected chi connectivity index (χ1v) is 12.9. The summed E-state index contributed by atoms with van der Waals surface area (Å²) in [7, 11) is 0. The molecule has 0 radical (unpaired) electrons. The molecular formula is C28H25ClN4O6. The first-order valence-electron chi connectivity index (χ1n) is 12.5. The number of anilines is 1. The van der Waals surface area contributed by atoms with Crippen LogP contribution in [-0.4, -0.2) is 56.3 Å². The molecule has 1 saturated heterocycles. The van der Waals surface area contributed by atoms with Crippen LogP contribution in [0, 0.1) is 0 Å². The molecular weight excluding hydrogens is 524 g/mol. The van der Waals surface area contributed by atoms with Crippen LogP contribution in [-0.2, 0) is 11.3 Å². The predicted molar refractivity (Wildman–Crippen MR) is 144 cm³/mol. The van der Waals surface area contributed by atoms with E-state index in [1.807, 2.05) is 12.1 Å². The molecule has 0 bridgehead atoms. The van der Waals surface area contributed by atoms with E-state index < -0.39 is 0 Å². The van der Waals surface area contributed by atoms with Crippen LogP contribution in [0.5, 0.6) is 11.5 Å². The number of hydrogen-bond donors (Lipinski definition) is 4. The second kappa shape index (κ2) is 10.7. The molecule has 39 heavy (non-hydrogen) atoms. The molecule has 0 amide bonds. The minimum absolute atomic E-state index is 0.00526. The van der Waals surface area contributed by atoms with Gasteiger partial charge in [-0.15, -0.1) is 0 Å². The Bertz CT molecular complexity index is 1660. The van der Waals surface area contributed by atoms with Gasteiger partial charge in [-0.05, 0) is 37.1 Å². The Morgan fingerprint density at radius 2 is 2.05 bits per heavy atom. The normalized spacial score (nSPS) is 17.5. The monoisotopic (exact) mass is 548 g/mol. The molecule has 0 saturated carbocycles. The highest BCUT2D eigenvalue weighted by atomic mass is 35.5. The van der Waals surface area contributed by atoms with Crippen molar-refractivity contribution in [2.45, 2.75) is 31.6 Å². The van der Waals surface area contributed by atoms with Gasteiger partial charge in [-0.3, -0.25) is 4.79 Å². The fraction of sp³-hybridized carbons (Fsp3) is 0.250. The summed E-state index contributed by atoms with van der Waals surface area (Å²) in [5, 5.41) is 23.6. The molecule has 0 aliphatic carbocycles. The van der Waals surface area contributed by atoms with Crippen molar-refractivity contribution in [3.63, 3.8) is 0 Å². The fourth-order valence-corrected chi connectivity index (χ4v) is 5.03. The van der Waals surface area contributed by atoms with Gasteiger partial charge in [0, 0.05) is 23.2 Å². The number of H-pyrrole nitrogens is 1. The van der Waals surface area contributed by atoms with E-state index in [0.29, 0.717) is 57.4 Å². The van der Waals surface area contributed by atoms with Gasteiger partial charge in [0.05, 0.1) is 41.3 Å². The van der Waals surface area contributed by atoms with E-state index in [4.69, 9.17) is 25.5 Å². The van der Waals surface area contributed by atoms with Crippen molar-refractivity contribution in [1.82, 2.24) is 15.0 Å². The number of ketones is 1. The smallest absolute Gasteiger partial charge is 0.196 e. The Morgan fingerprint density at radius 1 is 1.15 bits per heavy atom. The third-order valence-electron chi connectivity index (χ3n) is 6.76. The number of ether oxygens (including phenoxy) is 2. The molecule has 4 N–H and O–H groups in total. The molecule has 1 aliphatic rings. The van der Waals surface area contributed by atoms with E-state index in [-0.39, 0.29) is 36.2 Å². The van der Waals surface area contributed by atoms with Crippen molar-refractivity contribution >= 4 is 45.2 Å². The van der Waals surface area contributed by atoms with Gasteiger partial charge in [0.25, 0.3) is 0 Å². The van der Waals surface area contributed by atoms with Crippen LogP contribution in [0.1, 0.15) is 34.5 Å². The number of furan rings is 1. The van der Waals surface area contributed by atoms with Crippen LogP contribution in [0.3, 0.4) is 0 Å². The molecule has 0 spiro atoms. The topological polar surface area (TPSA) is 143 Å². The predicted octanol–water partition coefficient (Wildman–Crippen LogP) is 4.82. The van der Waals surface area contributed by atoms with E-state index in [1.54, 1.807) is 36.5 Å². The van der Waals surface area contributed by atoms with Gasteiger partial charge in [-0.2, -0.15) is 0 Å². The lowest BCUT2D eigenvalue weighted by Gasteiger charge is -2.29. The van der Waals surface area contributed by atoms with Gasteiger partial charge in [-0.25, -0.2) is 9.97 Å². The van der Waals surface area contributed by atoms with Crippen molar-refractivity contribution in [3.05, 3.63) is 76.9 Å². The molecule has 11 heteroatoms. The first-order chi connectivity index (χ1) is 19.0. The number of nitrogens with zero attached hydrogens (tertiary/aromatic N) is 2. The molecule has 5 aromatic rings. The van der Waals surface area contributed by atoms with E-state index in [2.05, 4.69) is 20.3 Å². The minimum atomic E-state index is -0.295. The summed E-state index contributed by atoms with van der Waals surface area (Å²) in [6.45, 7) is 0.199. The third-order valence-corrected chi connectivity index (χ3v) is 7.07. The molecule has 0 unspecified atom stereocenters. The Balaban J connectivity index is 1.26. The summed E-state index contributed by atoms with van der Waals surface area (Å²) >= 11 is 6.57. The van der Waals surface area contributed by atoms with Crippen molar-refractivity contribution in [1.29, 1.82) is 0 Å². The Morgan fingerprint density at radius 3 is 2.82 bits per heavy atom. The van der Waals surface area contributed by atoms with Crippen LogP contribution in [0.4, 0.5) is 5.82 Å². The average molecular weight is 549 g/mol. The molecule has 200 valence electrons. The minimum Gasteiger partial charge on any atom is -0.455 e. The summed E-state index contributed by atoms with van der Waals surface area (Å²) in [4.78, 5) is 25.3. The molecule has 2 aromatic carbocycles. The van der Waals surface area contributed by atoms with Crippen LogP contribution in [0.15, 0.2) is 59.4 Å². The lowest BCUT2D eigenvalue weighted by molar-refractivity contribution is -0.0224. The Labute approximate surface area is 227 Å². The number of carbonyl (C=O) groups is 1. The summed E-state index contributed by atoms with van der Waals surface area (Å²) in [6, 6.07) is 12.0. The van der Waals surface area contributed by atoms with Gasteiger partial charge >= 0.3 is 0 Å². The molecule has 2 atom stereocenters. The number of fused-ring (bicyclic) bond motifs is 2. The summed E-state index contributed by atoms with van der Waals surface area (Å²) in [5.41, 5.74) is 1.70. The van der Waals surface area contributed by atoms with Gasteiger partial charge < -0.3 is 34.4 Å². The van der Waals surface area contributed by atoms with E-state index in [9.17, 15) is 15.0 Å². The molecule has 1 aliphatic heterocycles. The maximum Gasteiger partial charge on any atom is 0.196 e. The highest BCUT2D eigenvalue weighted by Gasteiger charge is 2.25. The number of aliphatic hydroxyl groups is 2. The van der Waals surface area contributed by atoms with Crippen LogP contribution < -0.4 is 10.1 Å². The van der Waals surface area contributed by atoms with Gasteiger partial charge in [0.15, 0.2) is 17.1 Å². The van der Waals surface area contributed by atoms with Crippen molar-refractivity contribution in [2.24, 2.45) is 0 Å². The van der Waals surface area contributed by atoms with Crippen LogP contribution in [0.2, 0.25) is 5.02 Å². The fourth-order valence-electron chi connectivity index (χ4n) is 4.77. The number of nitrogens with one attached hydrogen (secondary N) is 2. The van der Waals surface area contributed by atoms with E-state index in [0.717, 1.165) is 18.2 Å². The van der Waals surface area contributed by atoms with E-state index >= 15 is 0 Å². The maximum absolute atomic E-state index is 13.6. The zero-order chi connectivity index (χ0) is 26.9. The lowest BCUT2D eigenvalue weighted by atomic mass is 10.0. The zero-order valence-corrected chi connectivity index (χ0v) is 21.4. The summed E-state index contributed by atoms with van der Waals surface area (Å²) in [5.74, 6) is 1.54. The zero-order valence-electron chi connectivity index (χ0n) is 20.7. The standard InChI is InChI=1S/C28H25ClN4O6/c29-22-9-17(38-23-3-1-2-15-8-19(12-35)39-26(15)23)6-7-20(22)25(36)21-10-30-27-24(21)28(32-14-31-27)33-16-4-5-18(11-34)37-13-16/h1-3,6-10,14,16,18,34-35H,4-5,11-13H2,(H2,30,31,32,33)/t16-,18+/m1/s1. The number of aromatic amines is 1. The summed E-state index contributed by atoms with van der Waals surface area (Å²) < 4.78 is 17.4. The van der Waals surface area contributed by atoms with Crippen molar-refractivity contribution < 1.29 is 28.9 Å². The quantitative estimate of drug-likeness (QED) is 0.200. The lowest BCUT2D eigenvalue weighted by Crippen LogP contribution is -2.36. The molecule has 6 rings (SSSR count). The number of aromatic nitrogens is 3. The van der Waals surface area contributed by atoms with Crippen LogP contribution in [0.25, 0.3) is 22.0 Å². The molecule has 4 heterocycles. The first kappa shape index (κ1) is 25.3. The highest BCUT2D eigenvalue weighted by Crippen LogP contribution is 2.35. The highest BCUT2D eigenvalue weighted by molar-refractivity contribution is 6.35. The largest absolute Gasteiger partial charge is 0.455 e. The Hall–Kier alpha value is -3.96. The van der Waals surface area contributed by atoms with Crippen molar-refractivity contribution in [3.8, 4) is 11.5 Å². The number of para-hydroxylation sites is 1. The average Bonchev–Trinajstić information content (AvgIpc) is 3.59. The van der Waals surface area contributed by atoms with Crippen molar-refractivity contribution in [2.75, 3.05) is 18.5 Å². The summed E-state index contributed by atoms with van der Waals surface area (Å²) in [6.07, 6.45) is 4.39. The number of carbonyl (C=O) groups excluding carboxylic acids is 1. The molecule has 3 aromatic heterocycles. The second-order valence-electron chi connectivity index (χ2n) is 9.32. The second-order valence-corrected chi connectivity index (χ2v) is 9.73. The molecule has 1 fully saturated rings. The van der Waals surface area contributed by atoms with Gasteiger partial charge in [-0.1, -0.05) is 23.7 Å². The Kier molecular flexibility index (Phi) is 6.92.